The second-order valence-corrected chi connectivity index (χ2v) is 6.74. The standard InChI is InChI=1S/C19H23NO3/c1-13(21)14-6-7-16-11-17(9-8-15(16)10-14)20(5)12-18(22)23-19(2,3)4/h6-11H,12H2,1-5H3. The van der Waals surface area contributed by atoms with Gasteiger partial charge in [-0.1, -0.05) is 18.2 Å². The quantitative estimate of drug-likeness (QED) is 0.636. The predicted octanol–water partition coefficient (Wildman–Crippen LogP) is 3.82. The average Bonchev–Trinajstić information content (AvgIpc) is 2.43. The van der Waals surface area contributed by atoms with E-state index < -0.39 is 5.60 Å². The van der Waals surface area contributed by atoms with Crippen LogP contribution in [-0.4, -0.2) is 30.9 Å². The Bertz CT molecular complexity index is 744. The Morgan fingerprint density at radius 3 is 2.26 bits per heavy atom. The molecule has 0 radical (unpaired) electrons. The Kier molecular flexibility index (Phi) is 4.73. The summed E-state index contributed by atoms with van der Waals surface area (Å²) in [6.45, 7) is 7.31. The van der Waals surface area contributed by atoms with Crippen LogP contribution in [0.15, 0.2) is 36.4 Å². The largest absolute Gasteiger partial charge is 0.459 e. The molecule has 4 heteroatoms. The lowest BCUT2D eigenvalue weighted by atomic mass is 10.0. The second-order valence-electron chi connectivity index (χ2n) is 6.74. The summed E-state index contributed by atoms with van der Waals surface area (Å²) in [5.74, 6) is -0.204. The summed E-state index contributed by atoms with van der Waals surface area (Å²) in [6.07, 6.45) is 0. The molecule has 0 unspecified atom stereocenters. The van der Waals surface area contributed by atoms with Crippen LogP contribution in [0.3, 0.4) is 0 Å². The molecule has 122 valence electrons. The third-order valence-corrected chi connectivity index (χ3v) is 3.46. The maximum absolute atomic E-state index is 11.9. The van der Waals surface area contributed by atoms with Gasteiger partial charge in [0.05, 0.1) is 0 Å². The van der Waals surface area contributed by atoms with E-state index in [4.69, 9.17) is 4.74 Å². The van der Waals surface area contributed by atoms with Crippen LogP contribution in [-0.2, 0) is 9.53 Å². The zero-order chi connectivity index (χ0) is 17.2. The van der Waals surface area contributed by atoms with Gasteiger partial charge in [-0.2, -0.15) is 0 Å². The van der Waals surface area contributed by atoms with E-state index in [1.165, 1.54) is 0 Å². The first-order chi connectivity index (χ1) is 10.7. The van der Waals surface area contributed by atoms with Gasteiger partial charge in [0.1, 0.15) is 12.1 Å². The van der Waals surface area contributed by atoms with Crippen molar-refractivity contribution in [1.29, 1.82) is 0 Å². The summed E-state index contributed by atoms with van der Waals surface area (Å²) in [5.41, 5.74) is 1.15. The number of nitrogens with zero attached hydrogens (tertiary/aromatic N) is 1. The molecule has 0 aromatic heterocycles. The number of rotatable bonds is 4. The van der Waals surface area contributed by atoms with Crippen molar-refractivity contribution in [3.05, 3.63) is 42.0 Å². The van der Waals surface area contributed by atoms with E-state index in [2.05, 4.69) is 0 Å². The van der Waals surface area contributed by atoms with Gasteiger partial charge in [-0.3, -0.25) is 9.59 Å². The van der Waals surface area contributed by atoms with Gasteiger partial charge in [-0.25, -0.2) is 0 Å². The molecular weight excluding hydrogens is 290 g/mol. The topological polar surface area (TPSA) is 46.6 Å². The molecule has 0 N–H and O–H groups in total. The molecule has 0 heterocycles. The lowest BCUT2D eigenvalue weighted by Gasteiger charge is -2.23. The summed E-state index contributed by atoms with van der Waals surface area (Å²) < 4.78 is 5.34. The van der Waals surface area contributed by atoms with Crippen molar-refractivity contribution in [2.75, 3.05) is 18.5 Å². The Morgan fingerprint density at radius 1 is 1.04 bits per heavy atom. The van der Waals surface area contributed by atoms with Crippen LogP contribution in [0.25, 0.3) is 10.8 Å². The van der Waals surface area contributed by atoms with Crippen LogP contribution in [0.5, 0.6) is 0 Å². The van der Waals surface area contributed by atoms with Crippen LogP contribution in [0, 0.1) is 0 Å². The minimum absolute atomic E-state index is 0.0537. The number of carbonyl (C=O) groups is 2. The number of ketones is 1. The Hall–Kier alpha value is -2.36. The fourth-order valence-electron chi connectivity index (χ4n) is 2.35. The van der Waals surface area contributed by atoms with E-state index in [-0.39, 0.29) is 18.3 Å². The molecule has 0 aliphatic carbocycles. The van der Waals surface area contributed by atoms with Crippen LogP contribution in [0.1, 0.15) is 38.1 Å². The van der Waals surface area contributed by atoms with E-state index in [1.54, 1.807) is 6.92 Å². The van der Waals surface area contributed by atoms with Crippen molar-refractivity contribution in [2.45, 2.75) is 33.3 Å². The lowest BCUT2D eigenvalue weighted by Crippen LogP contribution is -2.32. The zero-order valence-corrected chi connectivity index (χ0v) is 14.3. The highest BCUT2D eigenvalue weighted by Crippen LogP contribution is 2.23. The number of hydrogen-bond donors (Lipinski definition) is 0. The van der Waals surface area contributed by atoms with Crippen molar-refractivity contribution < 1.29 is 14.3 Å². The number of likely N-dealkylation sites (N-methyl/N-ethyl adjacent to an activating group) is 1. The minimum Gasteiger partial charge on any atom is -0.459 e. The molecule has 2 aromatic carbocycles. The third-order valence-electron chi connectivity index (χ3n) is 3.46. The van der Waals surface area contributed by atoms with Crippen LogP contribution >= 0.6 is 0 Å². The molecule has 0 fully saturated rings. The minimum atomic E-state index is -0.482. The maximum atomic E-state index is 11.9. The number of benzene rings is 2. The van der Waals surface area contributed by atoms with Crippen molar-refractivity contribution in [3.8, 4) is 0 Å². The summed E-state index contributed by atoms with van der Waals surface area (Å²) in [4.78, 5) is 25.2. The van der Waals surface area contributed by atoms with Crippen LogP contribution in [0.4, 0.5) is 5.69 Å². The maximum Gasteiger partial charge on any atom is 0.326 e. The van der Waals surface area contributed by atoms with E-state index in [0.29, 0.717) is 5.56 Å². The predicted molar refractivity (Wildman–Crippen MR) is 93.1 cm³/mol. The van der Waals surface area contributed by atoms with Crippen molar-refractivity contribution in [2.24, 2.45) is 0 Å². The first-order valence-corrected chi connectivity index (χ1v) is 7.63. The molecule has 0 aliphatic heterocycles. The Balaban J connectivity index is 2.18. The Labute approximate surface area is 137 Å². The van der Waals surface area contributed by atoms with Gasteiger partial charge >= 0.3 is 5.97 Å². The number of fused-ring (bicyclic) bond motifs is 1. The highest BCUT2D eigenvalue weighted by Gasteiger charge is 2.17. The van der Waals surface area contributed by atoms with E-state index in [1.807, 2.05) is 69.1 Å². The molecule has 0 amide bonds. The smallest absolute Gasteiger partial charge is 0.326 e. The van der Waals surface area contributed by atoms with Crippen LogP contribution in [0.2, 0.25) is 0 Å². The van der Waals surface area contributed by atoms with Gasteiger partial charge in [0, 0.05) is 18.3 Å². The molecule has 4 nitrogen and oxygen atoms in total. The number of Topliss-reactive ketones (excluding diaryl/α,β-unsaturated/α-hetero) is 1. The molecule has 0 atom stereocenters. The molecule has 0 aliphatic rings. The number of hydrogen-bond acceptors (Lipinski definition) is 4. The molecule has 0 bridgehead atoms. The van der Waals surface area contributed by atoms with Gasteiger partial charge in [-0.15, -0.1) is 0 Å². The highest BCUT2D eigenvalue weighted by molar-refractivity contribution is 5.99. The van der Waals surface area contributed by atoms with Crippen molar-refractivity contribution in [1.82, 2.24) is 0 Å². The molecular formula is C19H23NO3. The SMILES string of the molecule is CC(=O)c1ccc2cc(N(C)CC(=O)OC(C)(C)C)ccc2c1. The van der Waals surface area contributed by atoms with Crippen LogP contribution < -0.4 is 4.90 Å². The summed E-state index contributed by atoms with van der Waals surface area (Å²) in [5, 5.41) is 2.04. The average molecular weight is 313 g/mol. The number of carbonyl (C=O) groups excluding carboxylic acids is 2. The monoisotopic (exact) mass is 313 g/mol. The van der Waals surface area contributed by atoms with E-state index in [0.717, 1.165) is 16.5 Å². The molecule has 0 saturated carbocycles. The van der Waals surface area contributed by atoms with Gasteiger partial charge < -0.3 is 9.64 Å². The molecule has 0 spiro atoms. The summed E-state index contributed by atoms with van der Waals surface area (Å²) >= 11 is 0. The molecule has 23 heavy (non-hydrogen) atoms. The van der Waals surface area contributed by atoms with Crippen molar-refractivity contribution >= 4 is 28.2 Å². The second kappa shape index (κ2) is 6.41. The number of anilines is 1. The van der Waals surface area contributed by atoms with Gasteiger partial charge in [0.2, 0.25) is 0 Å². The molecule has 2 rings (SSSR count). The fraction of sp³-hybridized carbons (Fsp3) is 0.368. The van der Waals surface area contributed by atoms with E-state index in [9.17, 15) is 9.59 Å². The molecule has 2 aromatic rings. The lowest BCUT2D eigenvalue weighted by molar-refractivity contribution is -0.152. The van der Waals surface area contributed by atoms with Gasteiger partial charge in [0.15, 0.2) is 5.78 Å². The third kappa shape index (κ3) is 4.55. The van der Waals surface area contributed by atoms with Gasteiger partial charge in [-0.05, 0) is 56.7 Å². The first-order valence-electron chi connectivity index (χ1n) is 7.63. The number of esters is 1. The summed E-state index contributed by atoms with van der Waals surface area (Å²) in [7, 11) is 1.86. The fourth-order valence-corrected chi connectivity index (χ4v) is 2.35. The summed E-state index contributed by atoms with van der Waals surface area (Å²) in [6, 6.07) is 11.5. The zero-order valence-electron chi connectivity index (χ0n) is 14.3. The van der Waals surface area contributed by atoms with Gasteiger partial charge in [0.25, 0.3) is 0 Å². The Morgan fingerprint density at radius 2 is 1.65 bits per heavy atom. The first kappa shape index (κ1) is 17.0. The normalized spacial score (nSPS) is 11.3. The highest BCUT2D eigenvalue weighted by atomic mass is 16.6. The molecule has 0 saturated heterocycles. The number of ether oxygens (including phenoxy) is 1. The van der Waals surface area contributed by atoms with E-state index >= 15 is 0 Å². The van der Waals surface area contributed by atoms with Crippen molar-refractivity contribution in [3.63, 3.8) is 0 Å².